The fraction of sp³-hybridized carbons (Fsp3) is 0.471. The summed E-state index contributed by atoms with van der Waals surface area (Å²) >= 11 is 1.29. The Bertz CT molecular complexity index is 740. The highest BCUT2D eigenvalue weighted by Gasteiger charge is 2.22. The second kappa shape index (κ2) is 7.77. The maximum Gasteiger partial charge on any atom is 0.237 e. The van der Waals surface area contributed by atoms with E-state index in [-0.39, 0.29) is 16.6 Å². The van der Waals surface area contributed by atoms with Gasteiger partial charge in [-0.2, -0.15) is 0 Å². The summed E-state index contributed by atoms with van der Waals surface area (Å²) in [4.78, 5) is 16.9. The van der Waals surface area contributed by atoms with Crippen LogP contribution in [0.5, 0.6) is 11.5 Å². The molecule has 0 saturated carbocycles. The average Bonchev–Trinajstić information content (AvgIpc) is 3.03. The Balaban J connectivity index is 2.07. The highest BCUT2D eigenvalue weighted by Crippen LogP contribution is 2.30. The topological polar surface area (TPSA) is 89.1 Å². The van der Waals surface area contributed by atoms with Gasteiger partial charge < -0.3 is 14.8 Å². The van der Waals surface area contributed by atoms with Gasteiger partial charge in [-0.3, -0.25) is 9.89 Å². The molecule has 136 valence electrons. The predicted molar refractivity (Wildman–Crippen MR) is 98.6 cm³/mol. The Morgan fingerprint density at radius 2 is 2.00 bits per heavy atom. The van der Waals surface area contributed by atoms with E-state index in [0.29, 0.717) is 22.3 Å². The second-order valence-electron chi connectivity index (χ2n) is 6.53. The third-order valence-corrected chi connectivity index (χ3v) is 4.45. The minimum absolute atomic E-state index is 0.120. The molecule has 2 N–H and O–H groups in total. The van der Waals surface area contributed by atoms with Crippen LogP contribution in [-0.4, -0.2) is 40.6 Å². The summed E-state index contributed by atoms with van der Waals surface area (Å²) in [5.41, 5.74) is 0.440. The van der Waals surface area contributed by atoms with Crippen LogP contribution in [0.4, 0.5) is 5.69 Å². The standard InChI is InChI=1S/C17H24N4O3S/c1-10(25-16-19-15(20-21-16)17(2,3)4)14(22)18-12-9-11(23-5)7-8-13(12)24-6/h7-10H,1-6H3,(H,18,22)(H,19,20,21)/t10-/m1/s1. The average molecular weight is 364 g/mol. The van der Waals surface area contributed by atoms with Gasteiger partial charge in [0.15, 0.2) is 0 Å². The van der Waals surface area contributed by atoms with Crippen LogP contribution in [0.2, 0.25) is 0 Å². The number of rotatable bonds is 6. The van der Waals surface area contributed by atoms with Gasteiger partial charge in [-0.25, -0.2) is 4.98 Å². The van der Waals surface area contributed by atoms with E-state index in [4.69, 9.17) is 9.47 Å². The van der Waals surface area contributed by atoms with Gasteiger partial charge in [0.1, 0.15) is 17.3 Å². The molecule has 0 saturated heterocycles. The zero-order valence-electron chi connectivity index (χ0n) is 15.3. The Morgan fingerprint density at radius 3 is 2.56 bits per heavy atom. The largest absolute Gasteiger partial charge is 0.497 e. The van der Waals surface area contributed by atoms with Crippen LogP contribution >= 0.6 is 11.8 Å². The van der Waals surface area contributed by atoms with Gasteiger partial charge in [0, 0.05) is 11.5 Å². The molecule has 8 heteroatoms. The molecule has 0 bridgehead atoms. The van der Waals surface area contributed by atoms with E-state index in [1.165, 1.54) is 11.8 Å². The lowest BCUT2D eigenvalue weighted by atomic mass is 9.96. The normalized spacial score (nSPS) is 12.6. The van der Waals surface area contributed by atoms with E-state index >= 15 is 0 Å². The zero-order chi connectivity index (χ0) is 18.6. The molecule has 7 nitrogen and oxygen atoms in total. The van der Waals surface area contributed by atoms with Crippen molar-refractivity contribution in [2.75, 3.05) is 19.5 Å². The van der Waals surface area contributed by atoms with E-state index in [9.17, 15) is 4.79 Å². The molecule has 1 amide bonds. The van der Waals surface area contributed by atoms with Crippen molar-refractivity contribution in [3.8, 4) is 11.5 Å². The van der Waals surface area contributed by atoms with E-state index in [2.05, 4.69) is 20.5 Å². The molecule has 2 aromatic rings. The lowest BCUT2D eigenvalue weighted by Gasteiger charge is -2.14. The number of aromatic amines is 1. The number of hydrogen-bond donors (Lipinski definition) is 2. The number of benzene rings is 1. The number of amides is 1. The first kappa shape index (κ1) is 19.1. The molecule has 0 aliphatic carbocycles. The van der Waals surface area contributed by atoms with Crippen LogP contribution in [0.3, 0.4) is 0 Å². The summed E-state index contributed by atoms with van der Waals surface area (Å²) in [7, 11) is 3.12. The number of aromatic nitrogens is 3. The first-order valence-electron chi connectivity index (χ1n) is 7.87. The smallest absolute Gasteiger partial charge is 0.237 e. The minimum Gasteiger partial charge on any atom is -0.497 e. The first-order valence-corrected chi connectivity index (χ1v) is 8.75. The Hall–Kier alpha value is -2.22. The highest BCUT2D eigenvalue weighted by molar-refractivity contribution is 8.00. The number of thioether (sulfide) groups is 1. The minimum atomic E-state index is -0.375. The van der Waals surface area contributed by atoms with Crippen molar-refractivity contribution in [1.29, 1.82) is 0 Å². The van der Waals surface area contributed by atoms with E-state index < -0.39 is 0 Å². The van der Waals surface area contributed by atoms with Crippen molar-refractivity contribution in [3.63, 3.8) is 0 Å². The van der Waals surface area contributed by atoms with Crippen LogP contribution in [0.25, 0.3) is 0 Å². The van der Waals surface area contributed by atoms with Crippen LogP contribution < -0.4 is 14.8 Å². The highest BCUT2D eigenvalue weighted by atomic mass is 32.2. The molecular weight excluding hydrogens is 340 g/mol. The lowest BCUT2D eigenvalue weighted by molar-refractivity contribution is -0.115. The molecule has 0 radical (unpaired) electrons. The summed E-state index contributed by atoms with van der Waals surface area (Å²) in [5.74, 6) is 1.83. The summed E-state index contributed by atoms with van der Waals surface area (Å²) in [6, 6.07) is 5.24. The molecule has 0 aliphatic heterocycles. The van der Waals surface area contributed by atoms with Crippen LogP contribution in [0.15, 0.2) is 23.4 Å². The van der Waals surface area contributed by atoms with Gasteiger partial charge in [-0.05, 0) is 19.1 Å². The van der Waals surface area contributed by atoms with Crippen molar-refractivity contribution in [1.82, 2.24) is 15.2 Å². The monoisotopic (exact) mass is 364 g/mol. The second-order valence-corrected chi connectivity index (χ2v) is 7.84. The summed E-state index contributed by atoms with van der Waals surface area (Å²) < 4.78 is 10.5. The van der Waals surface area contributed by atoms with E-state index in [0.717, 1.165) is 5.82 Å². The van der Waals surface area contributed by atoms with E-state index in [1.54, 1.807) is 39.3 Å². The maximum absolute atomic E-state index is 12.5. The first-order chi connectivity index (χ1) is 11.7. The molecule has 1 aromatic carbocycles. The predicted octanol–water partition coefficient (Wildman–Crippen LogP) is 3.24. The number of anilines is 1. The molecule has 0 unspecified atom stereocenters. The van der Waals surface area contributed by atoms with Crippen molar-refractivity contribution < 1.29 is 14.3 Å². The van der Waals surface area contributed by atoms with Gasteiger partial charge in [0.25, 0.3) is 0 Å². The van der Waals surface area contributed by atoms with Gasteiger partial charge in [0.2, 0.25) is 11.1 Å². The van der Waals surface area contributed by atoms with Crippen LogP contribution in [0.1, 0.15) is 33.5 Å². The number of H-pyrrole nitrogens is 1. The SMILES string of the molecule is COc1ccc(OC)c(NC(=O)[C@@H](C)Sc2n[nH]c(C(C)(C)C)n2)c1. The summed E-state index contributed by atoms with van der Waals surface area (Å²) in [6.45, 7) is 7.95. The molecule has 1 atom stereocenters. The number of carbonyl (C=O) groups is 1. The number of nitrogens with one attached hydrogen (secondary N) is 2. The maximum atomic E-state index is 12.5. The molecule has 1 aromatic heterocycles. The quantitative estimate of drug-likeness (QED) is 0.765. The molecular formula is C17H24N4O3S. The zero-order valence-corrected chi connectivity index (χ0v) is 16.2. The number of carbonyl (C=O) groups excluding carboxylic acids is 1. The van der Waals surface area contributed by atoms with E-state index in [1.807, 2.05) is 20.8 Å². The Kier molecular flexibility index (Phi) is 5.94. The van der Waals surface area contributed by atoms with Gasteiger partial charge in [-0.1, -0.05) is 32.5 Å². The van der Waals surface area contributed by atoms with Crippen LogP contribution in [0, 0.1) is 0 Å². The number of nitrogens with zero attached hydrogens (tertiary/aromatic N) is 2. The fourth-order valence-corrected chi connectivity index (χ4v) is 2.72. The molecule has 0 fully saturated rings. The molecule has 25 heavy (non-hydrogen) atoms. The molecule has 1 heterocycles. The number of methoxy groups -OCH3 is 2. The van der Waals surface area contributed by atoms with Crippen molar-refractivity contribution in [2.24, 2.45) is 0 Å². The molecule has 0 aliphatic rings. The number of ether oxygens (including phenoxy) is 2. The van der Waals surface area contributed by atoms with Crippen molar-refractivity contribution in [3.05, 3.63) is 24.0 Å². The summed E-state index contributed by atoms with van der Waals surface area (Å²) in [6.07, 6.45) is 0. The lowest BCUT2D eigenvalue weighted by Crippen LogP contribution is -2.23. The third kappa shape index (κ3) is 4.88. The summed E-state index contributed by atoms with van der Waals surface area (Å²) in [5, 5.41) is 10.1. The third-order valence-electron chi connectivity index (χ3n) is 3.49. The van der Waals surface area contributed by atoms with Crippen molar-refractivity contribution >= 4 is 23.4 Å². The fourth-order valence-electron chi connectivity index (χ4n) is 1.99. The Morgan fingerprint density at radius 1 is 1.28 bits per heavy atom. The van der Waals surface area contributed by atoms with Gasteiger partial charge in [0.05, 0.1) is 25.2 Å². The van der Waals surface area contributed by atoms with Gasteiger partial charge >= 0.3 is 0 Å². The van der Waals surface area contributed by atoms with Crippen molar-refractivity contribution in [2.45, 2.75) is 43.5 Å². The van der Waals surface area contributed by atoms with Crippen LogP contribution in [-0.2, 0) is 10.2 Å². The molecule has 0 spiro atoms. The Labute approximate surface area is 151 Å². The van der Waals surface area contributed by atoms with Gasteiger partial charge in [-0.15, -0.1) is 5.10 Å². The number of hydrogen-bond acceptors (Lipinski definition) is 6. The molecule has 2 rings (SSSR count).